The maximum absolute atomic E-state index is 15.0. The minimum Gasteiger partial charge on any atom is -0.492 e. The summed E-state index contributed by atoms with van der Waals surface area (Å²) >= 11 is 0. The van der Waals surface area contributed by atoms with Crippen LogP contribution in [0.15, 0.2) is 17.1 Å². The van der Waals surface area contributed by atoms with Crippen molar-refractivity contribution in [3.05, 3.63) is 33.9 Å². The van der Waals surface area contributed by atoms with Crippen molar-refractivity contribution in [3.8, 4) is 5.75 Å². The topological polar surface area (TPSA) is 71.8 Å². The third-order valence-corrected chi connectivity index (χ3v) is 5.39. The van der Waals surface area contributed by atoms with Gasteiger partial charge in [0.2, 0.25) is 5.43 Å². The number of aromatic carboxylic acids is 1. The number of anilines is 1. The molecule has 6 nitrogen and oxygen atoms in total. The van der Waals surface area contributed by atoms with E-state index in [0.29, 0.717) is 25.0 Å². The molecular formula is C19H20F2N2O4. The molecule has 2 aromatic rings. The SMILES string of the molecule is COc1c(N2CCC(CF)C2)c(F)cc2c(=O)c(C(=O)O)cn(C3CC3)c12. The Hall–Kier alpha value is -2.64. The minimum absolute atomic E-state index is 0.0128. The maximum Gasteiger partial charge on any atom is 0.341 e. The average molecular weight is 378 g/mol. The van der Waals surface area contributed by atoms with Crippen molar-refractivity contribution in [1.82, 2.24) is 4.57 Å². The molecule has 2 heterocycles. The lowest BCUT2D eigenvalue weighted by atomic mass is 10.1. The summed E-state index contributed by atoms with van der Waals surface area (Å²) in [6, 6.07) is 1.14. The van der Waals surface area contributed by atoms with Crippen LogP contribution in [0.3, 0.4) is 0 Å². The van der Waals surface area contributed by atoms with E-state index in [1.807, 2.05) is 0 Å². The summed E-state index contributed by atoms with van der Waals surface area (Å²) in [6.07, 6.45) is 3.63. The Morgan fingerprint density at radius 1 is 1.37 bits per heavy atom. The van der Waals surface area contributed by atoms with Gasteiger partial charge in [-0.25, -0.2) is 9.18 Å². The molecule has 1 aromatic carbocycles. The van der Waals surface area contributed by atoms with Gasteiger partial charge in [-0.3, -0.25) is 9.18 Å². The zero-order chi connectivity index (χ0) is 19.3. The number of carboxylic acid groups (broad SMARTS) is 1. The molecule has 1 saturated heterocycles. The van der Waals surface area contributed by atoms with Crippen LogP contribution in [-0.4, -0.2) is 42.5 Å². The van der Waals surface area contributed by atoms with E-state index < -0.39 is 23.9 Å². The number of fused-ring (bicyclic) bond motifs is 1. The summed E-state index contributed by atoms with van der Waals surface area (Å²) in [5, 5.41) is 9.34. The summed E-state index contributed by atoms with van der Waals surface area (Å²) in [5.74, 6) is -1.97. The molecule has 1 saturated carbocycles. The lowest BCUT2D eigenvalue weighted by Crippen LogP contribution is -2.24. The molecule has 1 N–H and O–H groups in total. The van der Waals surface area contributed by atoms with Crippen molar-refractivity contribution in [2.45, 2.75) is 25.3 Å². The molecule has 1 atom stereocenters. The van der Waals surface area contributed by atoms with Crippen LogP contribution in [0.4, 0.5) is 14.5 Å². The standard InChI is InChI=1S/C19H20F2N2O4/c1-27-18-15-12(6-14(21)16(18)22-5-4-10(7-20)8-22)17(24)13(19(25)26)9-23(15)11-2-3-11/h6,9-11H,2-5,7-8H2,1H3,(H,25,26). The van der Waals surface area contributed by atoms with E-state index in [1.165, 1.54) is 13.3 Å². The second-order valence-corrected chi connectivity index (χ2v) is 7.21. The van der Waals surface area contributed by atoms with Crippen LogP contribution in [0.2, 0.25) is 0 Å². The number of hydrogen-bond donors (Lipinski definition) is 1. The number of carbonyl (C=O) groups is 1. The van der Waals surface area contributed by atoms with Crippen LogP contribution >= 0.6 is 0 Å². The smallest absolute Gasteiger partial charge is 0.341 e. The predicted molar refractivity (Wildman–Crippen MR) is 96.2 cm³/mol. The molecule has 1 aliphatic heterocycles. The van der Waals surface area contributed by atoms with Crippen LogP contribution < -0.4 is 15.1 Å². The average Bonchev–Trinajstić information content (AvgIpc) is 3.38. The first-order valence-corrected chi connectivity index (χ1v) is 8.95. The van der Waals surface area contributed by atoms with Gasteiger partial charge in [0.05, 0.1) is 24.7 Å². The van der Waals surface area contributed by atoms with Gasteiger partial charge in [-0.2, -0.15) is 0 Å². The molecule has 0 amide bonds. The number of benzene rings is 1. The van der Waals surface area contributed by atoms with Gasteiger partial charge < -0.3 is 19.3 Å². The summed E-state index contributed by atoms with van der Waals surface area (Å²) in [6.45, 7) is 0.396. The van der Waals surface area contributed by atoms with Crippen molar-refractivity contribution in [3.63, 3.8) is 0 Å². The number of nitrogens with zero attached hydrogens (tertiary/aromatic N) is 2. The quantitative estimate of drug-likeness (QED) is 0.866. The molecule has 2 aliphatic rings. The van der Waals surface area contributed by atoms with E-state index in [-0.39, 0.29) is 34.3 Å². The van der Waals surface area contributed by atoms with E-state index >= 15 is 4.39 Å². The Kier molecular flexibility index (Phi) is 4.28. The summed E-state index contributed by atoms with van der Waals surface area (Å²) in [4.78, 5) is 25.8. The molecule has 1 unspecified atom stereocenters. The number of hydrogen-bond acceptors (Lipinski definition) is 4. The predicted octanol–water partition coefficient (Wildman–Crippen LogP) is 2.98. The number of ether oxygens (including phenoxy) is 1. The van der Waals surface area contributed by atoms with Gasteiger partial charge in [-0.1, -0.05) is 0 Å². The zero-order valence-corrected chi connectivity index (χ0v) is 14.9. The Morgan fingerprint density at radius 2 is 2.11 bits per heavy atom. The van der Waals surface area contributed by atoms with E-state index in [1.54, 1.807) is 9.47 Å². The van der Waals surface area contributed by atoms with Crippen LogP contribution in [0.25, 0.3) is 10.9 Å². The monoisotopic (exact) mass is 378 g/mol. The molecule has 1 aliphatic carbocycles. The maximum atomic E-state index is 15.0. The highest BCUT2D eigenvalue weighted by molar-refractivity contribution is 5.97. The second-order valence-electron chi connectivity index (χ2n) is 7.21. The Labute approximate surface area is 154 Å². The molecule has 0 bridgehead atoms. The van der Waals surface area contributed by atoms with Crippen LogP contribution in [0, 0.1) is 11.7 Å². The fourth-order valence-electron chi connectivity index (χ4n) is 3.89. The molecule has 1 aromatic heterocycles. The van der Waals surface area contributed by atoms with Gasteiger partial charge in [-0.15, -0.1) is 0 Å². The van der Waals surface area contributed by atoms with E-state index in [9.17, 15) is 19.1 Å². The fraction of sp³-hybridized carbons (Fsp3) is 0.474. The Morgan fingerprint density at radius 3 is 2.67 bits per heavy atom. The number of rotatable bonds is 5. The molecule has 27 heavy (non-hydrogen) atoms. The third-order valence-electron chi connectivity index (χ3n) is 5.39. The molecule has 4 rings (SSSR count). The lowest BCUT2D eigenvalue weighted by Gasteiger charge is -2.24. The third kappa shape index (κ3) is 2.83. The van der Waals surface area contributed by atoms with Crippen molar-refractivity contribution >= 4 is 22.6 Å². The number of carboxylic acids is 1. The number of aromatic nitrogens is 1. The number of halogens is 2. The highest BCUT2D eigenvalue weighted by atomic mass is 19.1. The first-order chi connectivity index (χ1) is 13.0. The molecule has 0 radical (unpaired) electrons. The number of alkyl halides is 1. The minimum atomic E-state index is -1.34. The Bertz CT molecular complexity index is 984. The van der Waals surface area contributed by atoms with Gasteiger partial charge in [0, 0.05) is 31.2 Å². The first kappa shape index (κ1) is 17.8. The van der Waals surface area contributed by atoms with Crippen molar-refractivity contribution < 1.29 is 23.4 Å². The van der Waals surface area contributed by atoms with Crippen LogP contribution in [0.1, 0.15) is 35.7 Å². The first-order valence-electron chi connectivity index (χ1n) is 8.95. The molecular weight excluding hydrogens is 358 g/mol. The van der Waals surface area contributed by atoms with E-state index in [4.69, 9.17) is 4.74 Å². The van der Waals surface area contributed by atoms with Crippen LogP contribution in [0.5, 0.6) is 5.75 Å². The highest BCUT2D eigenvalue weighted by Gasteiger charge is 2.33. The summed E-state index contributed by atoms with van der Waals surface area (Å²) < 4.78 is 35.2. The van der Waals surface area contributed by atoms with E-state index in [0.717, 1.165) is 18.9 Å². The largest absolute Gasteiger partial charge is 0.492 e. The van der Waals surface area contributed by atoms with Gasteiger partial charge in [0.25, 0.3) is 0 Å². The lowest BCUT2D eigenvalue weighted by molar-refractivity contribution is 0.0695. The fourth-order valence-corrected chi connectivity index (χ4v) is 3.89. The van der Waals surface area contributed by atoms with E-state index in [2.05, 4.69) is 0 Å². The number of pyridine rings is 1. The van der Waals surface area contributed by atoms with Crippen LogP contribution in [-0.2, 0) is 0 Å². The van der Waals surface area contributed by atoms with Crippen molar-refractivity contribution in [2.24, 2.45) is 5.92 Å². The number of methoxy groups -OCH3 is 1. The summed E-state index contributed by atoms with van der Waals surface area (Å²) in [5.41, 5.74) is -0.517. The van der Waals surface area contributed by atoms with Gasteiger partial charge >= 0.3 is 5.97 Å². The zero-order valence-electron chi connectivity index (χ0n) is 14.9. The highest BCUT2D eigenvalue weighted by Crippen LogP contribution is 2.44. The van der Waals surface area contributed by atoms with Crippen molar-refractivity contribution in [1.29, 1.82) is 0 Å². The second kappa shape index (κ2) is 6.51. The van der Waals surface area contributed by atoms with Crippen molar-refractivity contribution in [2.75, 3.05) is 31.8 Å². The Balaban J connectivity index is 2.01. The summed E-state index contributed by atoms with van der Waals surface area (Å²) in [7, 11) is 1.40. The van der Waals surface area contributed by atoms with Gasteiger partial charge in [-0.05, 0) is 25.3 Å². The molecule has 8 heteroatoms. The normalized spacial score (nSPS) is 19.7. The molecule has 144 valence electrons. The molecule has 0 spiro atoms. The van der Waals surface area contributed by atoms with Gasteiger partial charge in [0.15, 0.2) is 11.6 Å². The van der Waals surface area contributed by atoms with Gasteiger partial charge in [0.1, 0.15) is 11.3 Å². The molecule has 2 fully saturated rings.